The van der Waals surface area contributed by atoms with Crippen LogP contribution in [0.1, 0.15) is 153 Å². The van der Waals surface area contributed by atoms with E-state index in [0.29, 0.717) is 44.5 Å². The second-order valence-corrected chi connectivity index (χ2v) is 16.9. The number of phenolic OH excluding ortho intramolecular Hbond substituents is 6. The smallest absolute Gasteiger partial charge is 0.123 e. The number of phenols is 6. The van der Waals surface area contributed by atoms with E-state index in [4.69, 9.17) is 0 Å². The average molecular weight is 779 g/mol. The lowest BCUT2D eigenvalue weighted by molar-refractivity contribution is 0.441. The van der Waals surface area contributed by atoms with Gasteiger partial charge in [-0.2, -0.15) is 0 Å². The van der Waals surface area contributed by atoms with Crippen LogP contribution in [0.2, 0.25) is 0 Å². The molecule has 0 heterocycles. The van der Waals surface area contributed by atoms with E-state index in [1.165, 1.54) is 0 Å². The molecule has 6 aromatic carbocycles. The lowest BCUT2D eigenvalue weighted by Crippen LogP contribution is -2.08. The molecule has 0 saturated heterocycles. The molecule has 0 aliphatic rings. The second kappa shape index (κ2) is 16.2. The van der Waals surface area contributed by atoms with Crippen LogP contribution < -0.4 is 0 Å². The first-order chi connectivity index (χ1) is 27.3. The summed E-state index contributed by atoms with van der Waals surface area (Å²) in [6.45, 7) is 21.8. The number of aryl methyl sites for hydroxylation is 6. The molecule has 0 saturated carbocycles. The van der Waals surface area contributed by atoms with Gasteiger partial charge in [0, 0.05) is 85.2 Å². The molecule has 302 valence electrons. The first kappa shape index (κ1) is 41.7. The molecule has 58 heavy (non-hydrogen) atoms. The van der Waals surface area contributed by atoms with Gasteiger partial charge in [0.15, 0.2) is 0 Å². The highest BCUT2D eigenvalue weighted by Crippen LogP contribution is 2.48. The fourth-order valence-corrected chi connectivity index (χ4v) is 8.86. The largest absolute Gasteiger partial charge is 0.508 e. The topological polar surface area (TPSA) is 121 Å². The molecule has 0 aliphatic heterocycles. The summed E-state index contributed by atoms with van der Waals surface area (Å²) >= 11 is 0. The van der Waals surface area contributed by atoms with Crippen molar-refractivity contribution in [2.75, 3.05) is 0 Å². The van der Waals surface area contributed by atoms with E-state index >= 15 is 0 Å². The van der Waals surface area contributed by atoms with E-state index in [1.54, 1.807) is 12.1 Å². The molecule has 6 aromatic rings. The van der Waals surface area contributed by atoms with Crippen molar-refractivity contribution in [3.63, 3.8) is 0 Å². The predicted octanol–water partition coefficient (Wildman–Crippen LogP) is 12.5. The van der Waals surface area contributed by atoms with Crippen molar-refractivity contribution in [1.82, 2.24) is 0 Å². The maximum atomic E-state index is 12.1. The van der Waals surface area contributed by atoms with Gasteiger partial charge in [0.25, 0.3) is 0 Å². The molecule has 6 rings (SSSR count). The van der Waals surface area contributed by atoms with E-state index in [0.717, 1.165) is 44.5 Å². The van der Waals surface area contributed by atoms with Gasteiger partial charge in [0.2, 0.25) is 0 Å². The standard InChI is InChI=1S/C52H58O6/c1-26-12-14-47(53)37(16-26)32(7)39-18-28(3)20-41(49(39)55)34(9)43-22-30(5)24-45(51(43)57)36(11)46-25-31(6)23-44(52(46)58)35(10)42-21-29(4)19-40(50(42)56)33(8)38-17-27(2)13-15-48(38)54/h12-25,32-36,53-58H,1-11H3. The van der Waals surface area contributed by atoms with Crippen LogP contribution in [0.3, 0.4) is 0 Å². The highest BCUT2D eigenvalue weighted by Gasteiger charge is 2.29. The lowest BCUT2D eigenvalue weighted by Gasteiger charge is -2.26. The number of rotatable bonds is 10. The monoisotopic (exact) mass is 778 g/mol. The van der Waals surface area contributed by atoms with Crippen molar-refractivity contribution in [2.45, 2.75) is 106 Å². The van der Waals surface area contributed by atoms with E-state index in [2.05, 4.69) is 0 Å². The van der Waals surface area contributed by atoms with Gasteiger partial charge >= 0.3 is 0 Å². The Balaban J connectivity index is 1.39. The first-order valence-corrected chi connectivity index (χ1v) is 20.2. The van der Waals surface area contributed by atoms with Crippen molar-refractivity contribution < 1.29 is 30.6 Å². The third-order valence-electron chi connectivity index (χ3n) is 12.3. The molecule has 0 aromatic heterocycles. The molecule has 4 unspecified atom stereocenters. The molecular weight excluding hydrogens is 721 g/mol. The normalized spacial score (nSPS) is 14.2. The van der Waals surface area contributed by atoms with Gasteiger partial charge in [-0.3, -0.25) is 0 Å². The molecule has 6 heteroatoms. The highest BCUT2D eigenvalue weighted by atomic mass is 16.3. The fourth-order valence-electron chi connectivity index (χ4n) is 8.86. The van der Waals surface area contributed by atoms with Crippen molar-refractivity contribution in [2.24, 2.45) is 0 Å². The second-order valence-electron chi connectivity index (χ2n) is 16.9. The quantitative estimate of drug-likeness (QED) is 0.0823. The summed E-state index contributed by atoms with van der Waals surface area (Å²) in [5, 5.41) is 69.3. The molecule has 0 aliphatic carbocycles. The Kier molecular flexibility index (Phi) is 11.6. The van der Waals surface area contributed by atoms with Crippen molar-refractivity contribution in [3.8, 4) is 34.5 Å². The lowest BCUT2D eigenvalue weighted by atomic mass is 9.80. The maximum absolute atomic E-state index is 12.1. The van der Waals surface area contributed by atoms with Crippen LogP contribution in [0.5, 0.6) is 34.5 Å². The Bertz CT molecular complexity index is 2360. The third-order valence-corrected chi connectivity index (χ3v) is 12.3. The van der Waals surface area contributed by atoms with Crippen LogP contribution in [0.4, 0.5) is 0 Å². The summed E-state index contributed by atoms with van der Waals surface area (Å²) < 4.78 is 0. The van der Waals surface area contributed by atoms with Gasteiger partial charge in [-0.05, 0) is 53.7 Å². The van der Waals surface area contributed by atoms with Gasteiger partial charge in [-0.25, -0.2) is 0 Å². The van der Waals surface area contributed by atoms with Gasteiger partial charge < -0.3 is 30.6 Å². The Hall–Kier alpha value is -5.88. The molecule has 6 N–H and O–H groups in total. The maximum Gasteiger partial charge on any atom is 0.123 e. The summed E-state index contributed by atoms with van der Waals surface area (Å²) in [4.78, 5) is 0. The van der Waals surface area contributed by atoms with E-state index in [1.807, 2.05) is 149 Å². The number of hydrogen-bond acceptors (Lipinski definition) is 6. The highest BCUT2D eigenvalue weighted by molar-refractivity contribution is 5.61. The van der Waals surface area contributed by atoms with Crippen LogP contribution in [0.15, 0.2) is 84.9 Å². The molecule has 0 bridgehead atoms. The van der Waals surface area contributed by atoms with Crippen molar-refractivity contribution in [1.29, 1.82) is 0 Å². The number of aromatic hydroxyl groups is 6. The molecule has 4 atom stereocenters. The van der Waals surface area contributed by atoms with Gasteiger partial charge in [0.05, 0.1) is 0 Å². The zero-order valence-corrected chi connectivity index (χ0v) is 35.7. The third kappa shape index (κ3) is 7.85. The Morgan fingerprint density at radius 2 is 0.431 bits per heavy atom. The van der Waals surface area contributed by atoms with E-state index < -0.39 is 17.8 Å². The first-order valence-electron chi connectivity index (χ1n) is 20.2. The summed E-state index contributed by atoms with van der Waals surface area (Å²) in [6, 6.07) is 26.6. The summed E-state index contributed by atoms with van der Waals surface area (Å²) in [7, 11) is 0. The zero-order valence-electron chi connectivity index (χ0n) is 35.7. The molecule has 0 spiro atoms. The van der Waals surface area contributed by atoms with Crippen molar-refractivity contribution in [3.05, 3.63) is 174 Å². The Morgan fingerprint density at radius 3 is 0.638 bits per heavy atom. The van der Waals surface area contributed by atoms with Gasteiger partial charge in [0.1, 0.15) is 34.5 Å². The van der Waals surface area contributed by atoms with Gasteiger partial charge in [-0.15, -0.1) is 0 Å². The molecular formula is C52H58O6. The minimum atomic E-state index is -0.423. The number of hydrogen-bond donors (Lipinski definition) is 6. The average Bonchev–Trinajstić information content (AvgIpc) is 3.18. The number of benzene rings is 6. The van der Waals surface area contributed by atoms with Crippen LogP contribution in [-0.2, 0) is 0 Å². The van der Waals surface area contributed by atoms with Crippen LogP contribution >= 0.6 is 0 Å². The van der Waals surface area contributed by atoms with Crippen molar-refractivity contribution >= 4 is 0 Å². The summed E-state index contributed by atoms with van der Waals surface area (Å²) in [5.41, 5.74) is 12.6. The SMILES string of the molecule is Cc1ccc(O)c(C(C)c2cc(C)cc(C(C)c3cc(C)cc(C(C)c4cc(C)cc(C(C)c5cc(C)cc(C(C)c6cc(C)ccc6O)c5O)c4O)c3O)c2O)c1. The zero-order chi connectivity index (χ0) is 42.5. The summed E-state index contributed by atoms with van der Waals surface area (Å²) in [6.07, 6.45) is 0. The molecule has 6 nitrogen and oxygen atoms in total. The summed E-state index contributed by atoms with van der Waals surface area (Å²) in [5.74, 6) is -0.977. The predicted molar refractivity (Wildman–Crippen MR) is 235 cm³/mol. The van der Waals surface area contributed by atoms with Crippen LogP contribution in [0.25, 0.3) is 0 Å². The minimum Gasteiger partial charge on any atom is -0.508 e. The Morgan fingerprint density at radius 1 is 0.259 bits per heavy atom. The van der Waals surface area contributed by atoms with E-state index in [-0.39, 0.29) is 46.3 Å². The van der Waals surface area contributed by atoms with Crippen LogP contribution in [0, 0.1) is 41.5 Å². The molecule has 0 radical (unpaired) electrons. The van der Waals surface area contributed by atoms with Crippen LogP contribution in [-0.4, -0.2) is 30.6 Å². The fraction of sp³-hybridized carbons (Fsp3) is 0.308. The Labute approximate surface area is 343 Å². The molecule has 0 amide bonds. The van der Waals surface area contributed by atoms with Gasteiger partial charge in [-0.1, -0.05) is 141 Å². The molecule has 0 fully saturated rings. The minimum absolute atomic E-state index is 0.0993. The van der Waals surface area contributed by atoms with E-state index in [9.17, 15) is 30.6 Å².